The van der Waals surface area contributed by atoms with Gasteiger partial charge in [-0.1, -0.05) is 6.08 Å². The van der Waals surface area contributed by atoms with E-state index in [0.717, 1.165) is 29.1 Å². The molecular weight excluding hydrogens is 408 g/mol. The van der Waals surface area contributed by atoms with Gasteiger partial charge in [0.1, 0.15) is 11.4 Å². The van der Waals surface area contributed by atoms with Crippen LogP contribution >= 0.6 is 0 Å². The van der Waals surface area contributed by atoms with Crippen LogP contribution in [0.5, 0.6) is 11.6 Å². The molecule has 0 saturated heterocycles. The van der Waals surface area contributed by atoms with E-state index in [4.69, 9.17) is 14.9 Å². The van der Waals surface area contributed by atoms with Gasteiger partial charge in [-0.3, -0.25) is 9.78 Å². The number of hydrogen-bond acceptors (Lipinski definition) is 8. The summed E-state index contributed by atoms with van der Waals surface area (Å²) in [6, 6.07) is 5.51. The summed E-state index contributed by atoms with van der Waals surface area (Å²) >= 11 is 0. The van der Waals surface area contributed by atoms with Crippen LogP contribution in [-0.4, -0.2) is 41.2 Å². The lowest BCUT2D eigenvalue weighted by molar-refractivity contribution is 0.278. The van der Waals surface area contributed by atoms with Gasteiger partial charge in [0.15, 0.2) is 0 Å². The van der Waals surface area contributed by atoms with Crippen molar-refractivity contribution in [3.8, 4) is 11.6 Å². The maximum Gasteiger partial charge on any atom is 0.290 e. The molecule has 2 aromatic rings. The summed E-state index contributed by atoms with van der Waals surface area (Å²) in [5.41, 5.74) is 2.68. The van der Waals surface area contributed by atoms with Gasteiger partial charge >= 0.3 is 0 Å². The van der Waals surface area contributed by atoms with Gasteiger partial charge < -0.3 is 25.5 Å². The average molecular weight is 435 g/mol. The summed E-state index contributed by atoms with van der Waals surface area (Å²) in [7, 11) is 3.21. The number of nitrogens with zero attached hydrogens (tertiary/aromatic N) is 3. The normalized spacial score (nSPS) is 20.3. The van der Waals surface area contributed by atoms with Gasteiger partial charge in [-0.05, 0) is 30.7 Å². The minimum atomic E-state index is -0.259. The molecule has 1 aliphatic heterocycles. The number of anilines is 1. The molecule has 2 atom stereocenters. The molecule has 1 unspecified atom stereocenters. The number of methoxy groups -OCH3 is 1. The second kappa shape index (κ2) is 9.51. The van der Waals surface area contributed by atoms with Gasteiger partial charge in [0, 0.05) is 60.9 Å². The molecule has 9 nitrogen and oxygen atoms in total. The first-order valence-corrected chi connectivity index (χ1v) is 10.4. The smallest absolute Gasteiger partial charge is 0.290 e. The molecule has 0 amide bonds. The zero-order valence-electron chi connectivity index (χ0n) is 18.0. The van der Waals surface area contributed by atoms with E-state index in [1.807, 2.05) is 30.4 Å². The van der Waals surface area contributed by atoms with Crippen LogP contribution in [0.25, 0.3) is 0 Å². The van der Waals surface area contributed by atoms with E-state index in [0.29, 0.717) is 36.6 Å². The maximum atomic E-state index is 12.5. The maximum absolute atomic E-state index is 12.5. The van der Waals surface area contributed by atoms with Crippen molar-refractivity contribution >= 4 is 11.9 Å². The molecule has 1 saturated carbocycles. The molecule has 2 aromatic heterocycles. The van der Waals surface area contributed by atoms with Crippen LogP contribution in [0.3, 0.4) is 0 Å². The van der Waals surface area contributed by atoms with Gasteiger partial charge in [0.2, 0.25) is 5.88 Å². The third-order valence-electron chi connectivity index (χ3n) is 5.48. The first kappa shape index (κ1) is 21.4. The second-order valence-corrected chi connectivity index (χ2v) is 7.66. The Hall–Kier alpha value is -3.88. The van der Waals surface area contributed by atoms with Crippen molar-refractivity contribution < 1.29 is 9.47 Å². The van der Waals surface area contributed by atoms with Crippen molar-refractivity contribution in [3.63, 3.8) is 0 Å². The Kier molecular flexibility index (Phi) is 6.34. The second-order valence-electron chi connectivity index (χ2n) is 7.66. The first-order valence-electron chi connectivity index (χ1n) is 10.4. The summed E-state index contributed by atoms with van der Waals surface area (Å²) in [6.45, 7) is 0.816. The Morgan fingerprint density at radius 1 is 1.41 bits per heavy atom. The zero-order chi connectivity index (χ0) is 22.5. The van der Waals surface area contributed by atoms with E-state index in [-0.39, 0.29) is 5.56 Å². The molecule has 9 heteroatoms. The monoisotopic (exact) mass is 434 g/mol. The number of pyridine rings is 1. The molecule has 166 valence electrons. The zero-order valence-corrected chi connectivity index (χ0v) is 18.0. The summed E-state index contributed by atoms with van der Waals surface area (Å²) in [5, 5.41) is 18.1. The largest absolute Gasteiger partial charge is 0.495 e. The van der Waals surface area contributed by atoms with E-state index in [2.05, 4.69) is 20.7 Å². The molecule has 2 aliphatic rings. The van der Waals surface area contributed by atoms with Crippen molar-refractivity contribution in [3.05, 3.63) is 76.1 Å². The summed E-state index contributed by atoms with van der Waals surface area (Å²) < 4.78 is 12.3. The fourth-order valence-corrected chi connectivity index (χ4v) is 3.50. The standard InChI is InChI=1S/C23H26N6O3/c1-29-23(30)21(26-12-16(11-24)19-5-3-4-8-25-19)10-22(28-29)32-14-15-9-18(15)20-7-6-17(31-2)13-27-20/h3-8,10-11,13,15,18,24-26H,9,12,14H2,1-2H3/b19-16+,24-11?/t15?,18-/m1/s1. The minimum Gasteiger partial charge on any atom is -0.495 e. The van der Waals surface area contributed by atoms with Crippen molar-refractivity contribution in [1.82, 2.24) is 20.1 Å². The van der Waals surface area contributed by atoms with Crippen molar-refractivity contribution in [2.24, 2.45) is 13.0 Å². The number of dihydropyridines is 1. The molecule has 4 rings (SSSR count). The van der Waals surface area contributed by atoms with E-state index in [1.165, 1.54) is 10.9 Å². The van der Waals surface area contributed by atoms with Crippen molar-refractivity contribution in [1.29, 1.82) is 5.41 Å². The number of rotatable bonds is 9. The molecule has 0 spiro atoms. The van der Waals surface area contributed by atoms with E-state index in [1.54, 1.807) is 32.6 Å². The van der Waals surface area contributed by atoms with Crippen LogP contribution < -0.4 is 25.7 Å². The third kappa shape index (κ3) is 4.88. The summed E-state index contributed by atoms with van der Waals surface area (Å²) in [4.78, 5) is 16.9. The minimum absolute atomic E-state index is 0.259. The predicted molar refractivity (Wildman–Crippen MR) is 122 cm³/mol. The van der Waals surface area contributed by atoms with Crippen LogP contribution in [0.15, 0.2) is 64.9 Å². The average Bonchev–Trinajstić information content (AvgIpc) is 3.61. The Morgan fingerprint density at radius 2 is 2.28 bits per heavy atom. The van der Waals surface area contributed by atoms with Gasteiger partial charge in [0.25, 0.3) is 5.56 Å². The Labute approximate surface area is 186 Å². The fourth-order valence-electron chi connectivity index (χ4n) is 3.50. The lowest BCUT2D eigenvalue weighted by Gasteiger charge is -2.13. The summed E-state index contributed by atoms with van der Waals surface area (Å²) in [5.74, 6) is 1.84. The van der Waals surface area contributed by atoms with Crippen LogP contribution in [0, 0.1) is 11.3 Å². The lowest BCUT2D eigenvalue weighted by Crippen LogP contribution is -2.25. The highest BCUT2D eigenvalue weighted by atomic mass is 16.5. The lowest BCUT2D eigenvalue weighted by atomic mass is 10.1. The summed E-state index contributed by atoms with van der Waals surface area (Å²) in [6.07, 6.45) is 11.4. The van der Waals surface area contributed by atoms with E-state index >= 15 is 0 Å². The van der Waals surface area contributed by atoms with Gasteiger partial charge in [-0.15, -0.1) is 5.10 Å². The fraction of sp³-hybridized carbons (Fsp3) is 0.304. The molecule has 1 fully saturated rings. The highest BCUT2D eigenvalue weighted by Crippen LogP contribution is 2.46. The number of ether oxygens (including phenoxy) is 2. The Bertz CT molecular complexity index is 1130. The highest BCUT2D eigenvalue weighted by molar-refractivity contribution is 5.79. The molecule has 0 bridgehead atoms. The van der Waals surface area contributed by atoms with Gasteiger partial charge in [-0.25, -0.2) is 4.68 Å². The molecular formula is C23H26N6O3. The number of aryl methyl sites for hydroxylation is 1. The molecule has 32 heavy (non-hydrogen) atoms. The van der Waals surface area contributed by atoms with Crippen LogP contribution in [0.4, 0.5) is 5.69 Å². The van der Waals surface area contributed by atoms with Gasteiger partial charge in [-0.2, -0.15) is 0 Å². The Morgan fingerprint density at radius 3 is 2.97 bits per heavy atom. The number of hydrogen-bond donors (Lipinski definition) is 3. The number of allylic oxidation sites excluding steroid dienone is 3. The molecule has 3 N–H and O–H groups in total. The SMILES string of the molecule is COc1ccc([C@@H]2CC2COc2cc(NC/C(C=N)=C3\C=CC=CN3)c(=O)n(C)n2)nc1. The molecule has 3 heterocycles. The van der Waals surface area contributed by atoms with Crippen LogP contribution in [0.1, 0.15) is 18.0 Å². The molecule has 1 aliphatic carbocycles. The topological polar surface area (TPSA) is 114 Å². The van der Waals surface area contributed by atoms with Crippen LogP contribution in [-0.2, 0) is 7.05 Å². The third-order valence-corrected chi connectivity index (χ3v) is 5.48. The predicted octanol–water partition coefficient (Wildman–Crippen LogP) is 2.36. The van der Waals surface area contributed by atoms with Crippen LogP contribution in [0.2, 0.25) is 0 Å². The highest BCUT2D eigenvalue weighted by Gasteiger charge is 2.40. The number of nitrogens with one attached hydrogen (secondary N) is 3. The van der Waals surface area contributed by atoms with E-state index < -0.39 is 0 Å². The van der Waals surface area contributed by atoms with Gasteiger partial charge in [0.05, 0.1) is 19.9 Å². The number of aromatic nitrogens is 3. The quantitative estimate of drug-likeness (QED) is 0.519. The first-order chi connectivity index (χ1) is 15.6. The molecule has 0 aromatic carbocycles. The Balaban J connectivity index is 1.38. The van der Waals surface area contributed by atoms with Crippen molar-refractivity contribution in [2.45, 2.75) is 12.3 Å². The molecule has 0 radical (unpaired) electrons. The van der Waals surface area contributed by atoms with E-state index in [9.17, 15) is 4.79 Å². The van der Waals surface area contributed by atoms with Crippen molar-refractivity contribution in [2.75, 3.05) is 25.6 Å².